The molecule has 0 heterocycles. The first kappa shape index (κ1) is 67.3. The van der Waals surface area contributed by atoms with Crippen molar-refractivity contribution >= 4 is 17.9 Å². The molecule has 0 saturated carbocycles. The second-order valence-corrected chi connectivity index (χ2v) is 19.5. The minimum absolute atomic E-state index is 0.0922. The summed E-state index contributed by atoms with van der Waals surface area (Å²) in [5, 5.41) is 0. The quantitative estimate of drug-likeness (QED) is 0.0261. The number of esters is 3. The van der Waals surface area contributed by atoms with E-state index in [1.54, 1.807) is 0 Å². The molecule has 0 aromatic rings. The number of rotatable bonds is 53. The molecular weight excluding hydrogens is 877 g/mol. The van der Waals surface area contributed by atoms with Crippen LogP contribution < -0.4 is 0 Å². The lowest BCUT2D eigenvalue weighted by atomic mass is 10.1. The second-order valence-electron chi connectivity index (χ2n) is 19.5. The number of hydrogen-bond donors (Lipinski definition) is 0. The molecule has 0 fully saturated rings. The van der Waals surface area contributed by atoms with E-state index in [2.05, 4.69) is 118 Å². The van der Waals surface area contributed by atoms with Gasteiger partial charge in [-0.2, -0.15) is 0 Å². The van der Waals surface area contributed by atoms with Crippen molar-refractivity contribution in [2.45, 2.75) is 284 Å². The maximum absolute atomic E-state index is 12.9. The number of unbranched alkanes of at least 4 members (excludes halogenated alkanes) is 26. The molecule has 0 aliphatic heterocycles. The van der Waals surface area contributed by atoms with Crippen LogP contribution in [0.3, 0.4) is 0 Å². The van der Waals surface area contributed by atoms with Gasteiger partial charge in [0.25, 0.3) is 0 Å². The fourth-order valence-electron chi connectivity index (χ4n) is 8.08. The van der Waals surface area contributed by atoms with Crippen LogP contribution in [0.15, 0.2) is 97.2 Å². The minimum atomic E-state index is -0.797. The smallest absolute Gasteiger partial charge is 0.306 e. The third-order valence-electron chi connectivity index (χ3n) is 12.5. The van der Waals surface area contributed by atoms with E-state index in [9.17, 15) is 14.4 Å². The number of carbonyl (C=O) groups is 3. The van der Waals surface area contributed by atoms with Crippen LogP contribution in [0.5, 0.6) is 0 Å². The Labute approximate surface area is 438 Å². The zero-order chi connectivity index (χ0) is 51.4. The maximum Gasteiger partial charge on any atom is 0.306 e. The van der Waals surface area contributed by atoms with Gasteiger partial charge in [-0.05, 0) is 122 Å². The first-order valence-corrected chi connectivity index (χ1v) is 29.7. The zero-order valence-electron chi connectivity index (χ0n) is 46.5. The van der Waals surface area contributed by atoms with E-state index in [1.165, 1.54) is 135 Å². The van der Waals surface area contributed by atoms with Crippen molar-refractivity contribution in [1.82, 2.24) is 0 Å². The number of carbonyl (C=O) groups excluding carboxylic acids is 3. The molecule has 71 heavy (non-hydrogen) atoms. The van der Waals surface area contributed by atoms with E-state index in [0.717, 1.165) is 103 Å². The van der Waals surface area contributed by atoms with E-state index in [4.69, 9.17) is 14.2 Å². The van der Waals surface area contributed by atoms with Crippen molar-refractivity contribution in [3.63, 3.8) is 0 Å². The Morgan fingerprint density at radius 1 is 0.296 bits per heavy atom. The van der Waals surface area contributed by atoms with Gasteiger partial charge >= 0.3 is 17.9 Å². The molecule has 1 atom stereocenters. The van der Waals surface area contributed by atoms with Crippen molar-refractivity contribution in [3.05, 3.63) is 97.2 Å². The third kappa shape index (κ3) is 57.1. The monoisotopic (exact) mass is 987 g/mol. The van der Waals surface area contributed by atoms with Crippen molar-refractivity contribution in [2.75, 3.05) is 13.2 Å². The second kappa shape index (κ2) is 58.9. The molecule has 0 radical (unpaired) electrons. The largest absolute Gasteiger partial charge is 0.462 e. The van der Waals surface area contributed by atoms with Gasteiger partial charge in [0.1, 0.15) is 13.2 Å². The van der Waals surface area contributed by atoms with E-state index in [-0.39, 0.29) is 31.1 Å². The Morgan fingerprint density at radius 3 is 0.915 bits per heavy atom. The van der Waals surface area contributed by atoms with Gasteiger partial charge in [0, 0.05) is 19.3 Å². The average Bonchev–Trinajstić information content (AvgIpc) is 3.37. The SMILES string of the molecule is CC/C=C/C/C=C/C/C=C/C/C=C/C/C=C/CCCCCC(=O)OC[C@@H](COC(=O)CCCCCCCCC/C=C/CCCCCC)OC(=O)CCCCCCCCCCC/C=C/C/C=C/CCCCC. The summed E-state index contributed by atoms with van der Waals surface area (Å²) in [5.74, 6) is -0.929. The number of hydrogen-bond acceptors (Lipinski definition) is 6. The Kier molecular flexibility index (Phi) is 55.9. The van der Waals surface area contributed by atoms with Gasteiger partial charge in [-0.15, -0.1) is 0 Å². The lowest BCUT2D eigenvalue weighted by molar-refractivity contribution is -0.167. The molecule has 0 spiro atoms. The van der Waals surface area contributed by atoms with E-state index >= 15 is 0 Å². The lowest BCUT2D eigenvalue weighted by Crippen LogP contribution is -2.30. The molecule has 406 valence electrons. The van der Waals surface area contributed by atoms with Gasteiger partial charge in [-0.3, -0.25) is 14.4 Å². The highest BCUT2D eigenvalue weighted by molar-refractivity contribution is 5.71. The molecule has 0 rings (SSSR count). The van der Waals surface area contributed by atoms with Crippen LogP contribution in [0.2, 0.25) is 0 Å². The summed E-state index contributed by atoms with van der Waals surface area (Å²) in [6, 6.07) is 0. The maximum atomic E-state index is 12.9. The Bertz CT molecular complexity index is 1410. The standard InChI is InChI=1S/C65H110O6/c1-4-7-10-13-16-19-22-25-28-30-32-34-37-40-43-46-49-52-55-58-64(67)70-61-62(60-69-63(66)57-54-51-48-45-42-39-36-27-24-21-18-15-12-9-6-3)71-65(68)59-56-53-50-47-44-41-38-35-33-31-29-26-23-20-17-14-11-8-5-2/h7,10,16-17,19-21,24-26,28-29,32,34,40,43,62H,4-6,8-9,11-15,18,22-23,27,30-31,33,35-39,41-42,44-61H2,1-3H3/b10-7+,19-16+,20-17+,24-21+,28-25+,29-26+,34-32+,43-40+/t62-/m1/s1. The topological polar surface area (TPSA) is 78.9 Å². The molecule has 0 amide bonds. The van der Waals surface area contributed by atoms with Gasteiger partial charge in [0.05, 0.1) is 0 Å². The van der Waals surface area contributed by atoms with Gasteiger partial charge in [-0.25, -0.2) is 0 Å². The van der Waals surface area contributed by atoms with Crippen LogP contribution in [0, 0.1) is 0 Å². The summed E-state index contributed by atoms with van der Waals surface area (Å²) in [5.41, 5.74) is 0. The molecule has 6 heteroatoms. The predicted molar refractivity (Wildman–Crippen MR) is 307 cm³/mol. The van der Waals surface area contributed by atoms with E-state index in [0.29, 0.717) is 19.3 Å². The van der Waals surface area contributed by atoms with E-state index < -0.39 is 6.10 Å². The van der Waals surface area contributed by atoms with Crippen LogP contribution in [-0.2, 0) is 28.6 Å². The molecule has 0 N–H and O–H groups in total. The van der Waals surface area contributed by atoms with Gasteiger partial charge in [0.2, 0.25) is 0 Å². The molecule has 0 aliphatic rings. The van der Waals surface area contributed by atoms with Crippen LogP contribution >= 0.6 is 0 Å². The highest BCUT2D eigenvalue weighted by Gasteiger charge is 2.19. The summed E-state index contributed by atoms with van der Waals surface area (Å²) in [7, 11) is 0. The molecular formula is C65H110O6. The number of ether oxygens (including phenoxy) is 3. The fourth-order valence-corrected chi connectivity index (χ4v) is 8.08. The molecule has 0 aromatic carbocycles. The predicted octanol–water partition coefficient (Wildman–Crippen LogP) is 20.1. The molecule has 0 saturated heterocycles. The lowest BCUT2D eigenvalue weighted by Gasteiger charge is -2.18. The summed E-state index contributed by atoms with van der Waals surface area (Å²) in [4.78, 5) is 38.2. The summed E-state index contributed by atoms with van der Waals surface area (Å²) < 4.78 is 16.9. The first-order valence-electron chi connectivity index (χ1n) is 29.7. The zero-order valence-corrected chi connectivity index (χ0v) is 46.5. The van der Waals surface area contributed by atoms with Crippen LogP contribution in [0.1, 0.15) is 278 Å². The third-order valence-corrected chi connectivity index (χ3v) is 12.5. The van der Waals surface area contributed by atoms with Gasteiger partial charge in [0.15, 0.2) is 6.10 Å². The summed E-state index contributed by atoms with van der Waals surface area (Å²) in [6.45, 7) is 6.47. The van der Waals surface area contributed by atoms with Crippen LogP contribution in [-0.4, -0.2) is 37.2 Å². The van der Waals surface area contributed by atoms with Gasteiger partial charge in [-0.1, -0.05) is 234 Å². The highest BCUT2D eigenvalue weighted by Crippen LogP contribution is 2.15. The van der Waals surface area contributed by atoms with Crippen LogP contribution in [0.25, 0.3) is 0 Å². The molecule has 0 bridgehead atoms. The molecule has 0 aliphatic carbocycles. The summed E-state index contributed by atoms with van der Waals surface area (Å²) in [6.07, 6.45) is 78.2. The minimum Gasteiger partial charge on any atom is -0.462 e. The van der Waals surface area contributed by atoms with Crippen molar-refractivity contribution < 1.29 is 28.6 Å². The molecule has 0 unspecified atom stereocenters. The fraction of sp³-hybridized carbons (Fsp3) is 0.708. The highest BCUT2D eigenvalue weighted by atomic mass is 16.6. The summed E-state index contributed by atoms with van der Waals surface area (Å²) >= 11 is 0. The number of allylic oxidation sites excluding steroid dienone is 16. The van der Waals surface area contributed by atoms with E-state index in [1.807, 2.05) is 0 Å². The molecule has 0 aromatic heterocycles. The average molecular weight is 988 g/mol. The Balaban J connectivity index is 4.46. The van der Waals surface area contributed by atoms with Crippen LogP contribution in [0.4, 0.5) is 0 Å². The normalized spacial score (nSPS) is 12.8. The molecule has 6 nitrogen and oxygen atoms in total. The Morgan fingerprint density at radius 2 is 0.549 bits per heavy atom. The van der Waals surface area contributed by atoms with Gasteiger partial charge < -0.3 is 14.2 Å². The van der Waals surface area contributed by atoms with Crippen molar-refractivity contribution in [2.24, 2.45) is 0 Å². The Hall–Kier alpha value is -3.67. The first-order chi connectivity index (χ1) is 35.0. The van der Waals surface area contributed by atoms with Crippen molar-refractivity contribution in [1.29, 1.82) is 0 Å². The van der Waals surface area contributed by atoms with Crippen molar-refractivity contribution in [3.8, 4) is 0 Å².